The monoisotopic (exact) mass is 964 g/mol. The van der Waals surface area contributed by atoms with Crippen LogP contribution in [0.3, 0.4) is 0 Å². The molecule has 11 N–H and O–H groups in total. The van der Waals surface area contributed by atoms with Crippen LogP contribution in [-0.4, -0.2) is 210 Å². The van der Waals surface area contributed by atoms with Crippen molar-refractivity contribution in [1.82, 2.24) is 0 Å². The van der Waals surface area contributed by atoms with Gasteiger partial charge < -0.3 is 98.8 Å². The minimum absolute atomic E-state index is 0.0463. The summed E-state index contributed by atoms with van der Waals surface area (Å²) in [5.74, 6) is -0.637. The molecule has 0 radical (unpaired) electrons. The van der Waals surface area contributed by atoms with Crippen molar-refractivity contribution in [1.29, 1.82) is 0 Å². The number of hydrogen-bond donors (Lipinski definition) is 11. The summed E-state index contributed by atoms with van der Waals surface area (Å²) in [4.78, 5) is 11.6. The second-order valence-electron chi connectivity index (χ2n) is 18.3. The van der Waals surface area contributed by atoms with Crippen molar-refractivity contribution in [3.05, 3.63) is 47.6 Å². The lowest BCUT2D eigenvalue weighted by molar-refractivity contribution is -0.363. The number of ether oxygens (including phenoxy) is 9. The van der Waals surface area contributed by atoms with Crippen LogP contribution >= 0.6 is 0 Å². The van der Waals surface area contributed by atoms with Gasteiger partial charge in [0.25, 0.3) is 0 Å². The summed E-state index contributed by atoms with van der Waals surface area (Å²) in [5, 5.41) is 115. The lowest BCUT2D eigenvalue weighted by Gasteiger charge is -2.47. The van der Waals surface area contributed by atoms with Crippen LogP contribution < -0.4 is 0 Å². The van der Waals surface area contributed by atoms with Gasteiger partial charge in [-0.1, -0.05) is 41.0 Å². The number of carbonyl (C=O) groups excluding carboxylic acids is 1. The van der Waals surface area contributed by atoms with Gasteiger partial charge in [0.15, 0.2) is 25.2 Å². The molecule has 4 fully saturated rings. The molecule has 4 saturated heterocycles. The predicted octanol–water partition coefficient (Wildman–Crippen LogP) is -0.982. The zero-order valence-corrected chi connectivity index (χ0v) is 39.4. The smallest absolute Gasteiger partial charge is 0.302 e. The Balaban J connectivity index is 1.20. The van der Waals surface area contributed by atoms with Crippen molar-refractivity contribution in [3.8, 4) is 0 Å². The Morgan fingerprint density at radius 2 is 1.03 bits per heavy atom. The second-order valence-corrected chi connectivity index (χ2v) is 18.3. The van der Waals surface area contributed by atoms with Gasteiger partial charge in [-0.2, -0.15) is 0 Å². The minimum atomic E-state index is -1.69. The average Bonchev–Trinajstić information content (AvgIpc) is 3.28. The average molecular weight is 965 g/mol. The Bertz CT molecular complexity index is 1640. The van der Waals surface area contributed by atoms with E-state index >= 15 is 0 Å². The zero-order chi connectivity index (χ0) is 49.9. The molecule has 0 bridgehead atoms. The molecule has 21 atom stereocenters. The maximum atomic E-state index is 11.6. The number of rotatable bonds is 22. The molecule has 0 aromatic carbocycles. The van der Waals surface area contributed by atoms with E-state index < -0.39 is 141 Å². The van der Waals surface area contributed by atoms with E-state index in [0.29, 0.717) is 19.3 Å². The first-order valence-corrected chi connectivity index (χ1v) is 22.9. The van der Waals surface area contributed by atoms with Crippen molar-refractivity contribution in [3.63, 3.8) is 0 Å². The summed E-state index contributed by atoms with van der Waals surface area (Å²) in [6, 6.07) is 0. The molecule has 4 rings (SSSR count). The van der Waals surface area contributed by atoms with Crippen molar-refractivity contribution >= 4 is 5.97 Å². The number of carbonyl (C=O) groups is 1. The molecule has 0 saturated carbocycles. The van der Waals surface area contributed by atoms with E-state index in [2.05, 4.69) is 18.7 Å². The molecule has 0 aromatic rings. The third kappa shape index (κ3) is 15.6. The van der Waals surface area contributed by atoms with Crippen LogP contribution in [0.15, 0.2) is 47.6 Å². The maximum Gasteiger partial charge on any atom is 0.302 e. The first-order chi connectivity index (χ1) is 31.5. The molecule has 386 valence electrons. The fourth-order valence-electron chi connectivity index (χ4n) is 8.07. The number of hydrogen-bond acceptors (Lipinski definition) is 21. The zero-order valence-electron chi connectivity index (χ0n) is 39.4. The summed E-state index contributed by atoms with van der Waals surface area (Å²) in [6.45, 7) is 14.7. The quantitative estimate of drug-likeness (QED) is 0.0459. The topological polar surface area (TPSA) is 323 Å². The highest BCUT2D eigenvalue weighted by Crippen LogP contribution is 2.34. The van der Waals surface area contributed by atoms with E-state index in [0.717, 1.165) is 30.4 Å². The van der Waals surface area contributed by atoms with Crippen LogP contribution in [0.1, 0.15) is 87.0 Å². The van der Waals surface area contributed by atoms with Crippen molar-refractivity contribution in [2.45, 2.75) is 215 Å². The van der Waals surface area contributed by atoms with Gasteiger partial charge in [-0.15, -0.1) is 6.58 Å². The van der Waals surface area contributed by atoms with E-state index in [1.165, 1.54) is 26.3 Å². The van der Waals surface area contributed by atoms with E-state index in [4.69, 9.17) is 42.6 Å². The molecule has 21 nitrogen and oxygen atoms in total. The molecular weight excluding hydrogens is 888 g/mol. The van der Waals surface area contributed by atoms with Gasteiger partial charge in [0.2, 0.25) is 0 Å². The van der Waals surface area contributed by atoms with Crippen LogP contribution in [0.25, 0.3) is 0 Å². The van der Waals surface area contributed by atoms with E-state index in [9.17, 15) is 61.0 Å². The third-order valence-electron chi connectivity index (χ3n) is 12.6. The lowest BCUT2D eigenvalue weighted by atomic mass is 9.95. The highest BCUT2D eigenvalue weighted by atomic mass is 16.8. The molecule has 4 aliphatic rings. The predicted molar refractivity (Wildman–Crippen MR) is 234 cm³/mol. The van der Waals surface area contributed by atoms with Gasteiger partial charge in [-0.3, -0.25) is 4.79 Å². The van der Waals surface area contributed by atoms with Gasteiger partial charge >= 0.3 is 5.97 Å². The summed E-state index contributed by atoms with van der Waals surface area (Å²) in [7, 11) is 0. The molecule has 0 amide bonds. The summed E-state index contributed by atoms with van der Waals surface area (Å²) >= 11 is 0. The Hall–Kier alpha value is -2.33. The maximum absolute atomic E-state index is 11.6. The van der Waals surface area contributed by atoms with Crippen LogP contribution in [-0.2, 0) is 47.4 Å². The number of allylic oxidation sites excluding steroid dienone is 5. The SMILES string of the molecule is C=C[C@](C)(CC/C=C(\C)CC/C=C(\C)CC/C=C(\C)CO[C@@H]1O[C@H](COC(C)=O)[C@@H](O[C@@H]2O[C@@H](C)[C@H](O)[C@@H](O)[C@H]2O)[C@H](O)[C@H]1O)O[C@@H]1O[C@H](CO)[C@@H](O[C@@H]2O[C@@H](C)[C@H](O)[C@@H](O)[C@H]2O)[C@H](O)[C@H]1O. The molecular formula is C46H76O21. The number of aliphatic hydroxyl groups excluding tert-OH is 11. The van der Waals surface area contributed by atoms with Crippen molar-refractivity contribution in [2.24, 2.45) is 0 Å². The van der Waals surface area contributed by atoms with E-state index in [-0.39, 0.29) is 13.2 Å². The van der Waals surface area contributed by atoms with Gasteiger partial charge in [-0.25, -0.2) is 0 Å². The number of aliphatic hydroxyl groups is 11. The number of esters is 1. The molecule has 4 heterocycles. The van der Waals surface area contributed by atoms with Crippen LogP contribution in [0, 0.1) is 0 Å². The molecule has 0 aliphatic carbocycles. The molecule has 0 aromatic heterocycles. The first kappa shape index (κ1) is 57.3. The molecule has 67 heavy (non-hydrogen) atoms. The summed E-state index contributed by atoms with van der Waals surface area (Å²) < 4.78 is 51.1. The normalized spacial score (nSPS) is 41.1. The van der Waals surface area contributed by atoms with Crippen LogP contribution in [0.2, 0.25) is 0 Å². The van der Waals surface area contributed by atoms with Crippen molar-refractivity contribution in [2.75, 3.05) is 19.8 Å². The van der Waals surface area contributed by atoms with Crippen LogP contribution in [0.4, 0.5) is 0 Å². The molecule has 0 unspecified atom stereocenters. The Morgan fingerprint density at radius 3 is 1.52 bits per heavy atom. The van der Waals surface area contributed by atoms with Gasteiger partial charge in [0.05, 0.1) is 31.0 Å². The van der Waals surface area contributed by atoms with Gasteiger partial charge in [0, 0.05) is 6.92 Å². The van der Waals surface area contributed by atoms with Crippen LogP contribution in [0.5, 0.6) is 0 Å². The highest BCUT2D eigenvalue weighted by molar-refractivity contribution is 5.65. The highest BCUT2D eigenvalue weighted by Gasteiger charge is 2.52. The lowest BCUT2D eigenvalue weighted by Crippen LogP contribution is -2.64. The molecule has 21 heteroatoms. The molecule has 4 aliphatic heterocycles. The summed E-state index contributed by atoms with van der Waals surface area (Å²) in [6.07, 6.45) is -16.6. The van der Waals surface area contributed by atoms with Gasteiger partial charge in [-0.05, 0) is 80.1 Å². The Labute approximate surface area is 391 Å². The first-order valence-electron chi connectivity index (χ1n) is 22.9. The third-order valence-corrected chi connectivity index (χ3v) is 12.6. The van der Waals surface area contributed by atoms with Gasteiger partial charge in [0.1, 0.15) is 92.1 Å². The van der Waals surface area contributed by atoms with Crippen molar-refractivity contribution < 1.29 is 104 Å². The second kappa shape index (κ2) is 26.2. The minimum Gasteiger partial charge on any atom is -0.463 e. The van der Waals surface area contributed by atoms with E-state index in [1.807, 2.05) is 26.8 Å². The Kier molecular flexibility index (Phi) is 22.4. The standard InChI is InChI=1S/C46H76O21/c1-9-46(8,67-45-39(58)35(54)40(28(19-47)63-45)65-43-36(55)32(51)30(49)25(5)61-43)18-12-17-23(3)14-10-13-22(2)15-11-16-24(4)20-60-42-38(57)34(53)41(29(64-42)21-59-27(7)48)66-44-37(56)33(52)31(50)26(6)62-44/h9,13,16-17,25-26,28-45,47,49-58H,1,10-12,14-15,18-21H2,2-8H3/b22-13+,23-17+,24-16+/t25-,26-,28+,29+,30-,31-,32+,33+,34+,35+,36+,37+,38+,39+,40+,41+,42+,43-,44-,45-,46+/m0/s1. The fraction of sp³-hybridized carbons (Fsp3) is 0.804. The Morgan fingerprint density at radius 1 is 0.582 bits per heavy atom. The fourth-order valence-corrected chi connectivity index (χ4v) is 8.07. The summed E-state index contributed by atoms with van der Waals surface area (Å²) in [5.41, 5.74) is 2.15. The molecule has 0 spiro atoms. The van der Waals surface area contributed by atoms with E-state index in [1.54, 1.807) is 13.0 Å². The largest absolute Gasteiger partial charge is 0.463 e.